The molecule has 0 heterocycles. The minimum absolute atomic E-state index is 0.101. The lowest BCUT2D eigenvalue weighted by Gasteiger charge is -2.43. The van der Waals surface area contributed by atoms with Crippen LogP contribution in [-0.4, -0.2) is 49.8 Å². The van der Waals surface area contributed by atoms with Crippen LogP contribution < -0.4 is 29.3 Å². The van der Waals surface area contributed by atoms with E-state index in [0.717, 1.165) is 21.5 Å². The van der Waals surface area contributed by atoms with Crippen LogP contribution in [0.5, 0.6) is 23.0 Å². The van der Waals surface area contributed by atoms with E-state index in [0.29, 0.717) is 60.9 Å². The first kappa shape index (κ1) is 47.8. The lowest BCUT2D eigenvalue weighted by atomic mass is 9.87. The highest BCUT2D eigenvalue weighted by molar-refractivity contribution is 6.99. The van der Waals surface area contributed by atoms with Crippen molar-refractivity contribution in [1.29, 1.82) is 0 Å². The Kier molecular flexibility index (Phi) is 15.2. The maximum absolute atomic E-state index is 14.0. The first-order chi connectivity index (χ1) is 31.9. The highest BCUT2D eigenvalue weighted by Gasteiger charge is 2.50. The molecule has 0 aliphatic heterocycles. The molecule has 9 nitrogen and oxygen atoms in total. The number of hydrogen-bond donors (Lipinski definition) is 0. The average molecular weight is 926 g/mol. The molecular formula is C55H57ClO9Si. The van der Waals surface area contributed by atoms with Crippen LogP contribution in [0.15, 0.2) is 140 Å². The van der Waals surface area contributed by atoms with Gasteiger partial charge in [-0.25, -0.2) is 4.79 Å². The number of methoxy groups -OCH3 is 5. The number of benzene rings is 7. The van der Waals surface area contributed by atoms with Crippen molar-refractivity contribution in [2.24, 2.45) is 0 Å². The molecule has 11 heteroatoms. The topological polar surface area (TPSA) is 90.9 Å². The first-order valence-electron chi connectivity index (χ1n) is 21.7. The molecule has 7 rings (SSSR count). The van der Waals surface area contributed by atoms with E-state index in [9.17, 15) is 4.79 Å². The molecule has 0 saturated carbocycles. The van der Waals surface area contributed by atoms with Crippen molar-refractivity contribution in [2.45, 2.75) is 58.8 Å². The van der Waals surface area contributed by atoms with Gasteiger partial charge in [0.05, 0.1) is 65.8 Å². The molecule has 0 aliphatic carbocycles. The first-order valence-corrected chi connectivity index (χ1v) is 24.0. The summed E-state index contributed by atoms with van der Waals surface area (Å²) in [5.74, 6) is 0.873. The van der Waals surface area contributed by atoms with Gasteiger partial charge in [-0.2, -0.15) is 0 Å². The summed E-state index contributed by atoms with van der Waals surface area (Å²) in [5.41, 5.74) is 5.03. The van der Waals surface area contributed by atoms with Crippen LogP contribution in [0.25, 0.3) is 21.9 Å². The van der Waals surface area contributed by atoms with Gasteiger partial charge < -0.3 is 37.6 Å². The summed E-state index contributed by atoms with van der Waals surface area (Å²) in [6.07, 6.45) is -1.05. The van der Waals surface area contributed by atoms with Gasteiger partial charge >= 0.3 is 5.97 Å². The number of carbonyl (C=O) groups excluding carboxylic acids is 1. The second-order valence-electron chi connectivity index (χ2n) is 16.9. The predicted octanol–water partition coefficient (Wildman–Crippen LogP) is 11.8. The molecule has 0 bridgehead atoms. The van der Waals surface area contributed by atoms with Gasteiger partial charge in [0.25, 0.3) is 8.32 Å². The van der Waals surface area contributed by atoms with E-state index < -0.39 is 20.6 Å². The number of rotatable bonds is 18. The van der Waals surface area contributed by atoms with Crippen molar-refractivity contribution < 1.29 is 42.4 Å². The van der Waals surface area contributed by atoms with E-state index in [4.69, 9.17) is 49.2 Å². The van der Waals surface area contributed by atoms with Gasteiger partial charge in [0.2, 0.25) is 0 Å². The van der Waals surface area contributed by atoms with Crippen molar-refractivity contribution >= 4 is 47.0 Å². The minimum atomic E-state index is -3.14. The number of carbonyl (C=O) groups is 1. The van der Waals surface area contributed by atoms with Crippen molar-refractivity contribution in [2.75, 3.05) is 35.5 Å². The second-order valence-corrected chi connectivity index (χ2v) is 21.6. The fourth-order valence-electron chi connectivity index (χ4n) is 8.97. The normalized spacial score (nSPS) is 11.7. The minimum Gasteiger partial charge on any atom is -0.496 e. The smallest absolute Gasteiger partial charge is 0.341 e. The molecule has 0 saturated heterocycles. The second kappa shape index (κ2) is 21.0. The van der Waals surface area contributed by atoms with E-state index in [1.54, 1.807) is 34.5 Å². The molecule has 0 aliphatic rings. The molecule has 0 atom stereocenters. The molecule has 0 spiro atoms. The number of aryl methyl sites for hydroxylation is 1. The van der Waals surface area contributed by atoms with Crippen molar-refractivity contribution in [3.8, 4) is 34.1 Å². The summed E-state index contributed by atoms with van der Waals surface area (Å²) < 4.78 is 51.9. The maximum Gasteiger partial charge on any atom is 0.341 e. The van der Waals surface area contributed by atoms with Gasteiger partial charge in [-0.05, 0) is 50.7 Å². The van der Waals surface area contributed by atoms with E-state index >= 15 is 0 Å². The zero-order valence-electron chi connectivity index (χ0n) is 39.0. The van der Waals surface area contributed by atoms with Crippen LogP contribution in [-0.2, 0) is 38.5 Å². The monoisotopic (exact) mass is 924 g/mol. The third-order valence-electron chi connectivity index (χ3n) is 11.9. The van der Waals surface area contributed by atoms with Crippen LogP contribution in [0.2, 0.25) is 10.1 Å². The Morgan fingerprint density at radius 3 is 1.56 bits per heavy atom. The van der Waals surface area contributed by atoms with Gasteiger partial charge in [0.15, 0.2) is 6.29 Å². The van der Waals surface area contributed by atoms with Crippen molar-refractivity contribution in [1.82, 2.24) is 0 Å². The molecular weight excluding hydrogens is 868 g/mol. The lowest BCUT2D eigenvalue weighted by Crippen LogP contribution is -2.66. The molecule has 0 amide bonds. The Bertz CT molecular complexity index is 2680. The third-order valence-corrected chi connectivity index (χ3v) is 17.2. The standard InChI is InChI=1S/C55H57ClO9Si/c1-36-30-39(35-65-66(55(2,3)4,40-26-18-12-19-27-40)41-28-20-13-21-29-41)47(51(60-7)46(36)53(57)62-9)49-43(31-42-48(52(49)61-8)45(58-5)32-44(56)50(42)59-6)54(63-33-37-22-14-10-15-23-37)64-34-38-24-16-11-17-25-38/h10-32,54H,33-35H2,1-9H3. The predicted molar refractivity (Wildman–Crippen MR) is 264 cm³/mol. The SMILES string of the molecule is COC(=O)c1c(C)cc(CO[Si](c2ccccc2)(c2ccccc2)C(C)(C)C)c(-c2c(C(OCc3ccccc3)OCc3ccccc3)cc3c(OC)c(Cl)cc(OC)c3c2OC)c1OC. The molecule has 66 heavy (non-hydrogen) atoms. The Hall–Kier alpha value is -6.14. The number of esters is 1. The molecule has 0 aromatic heterocycles. The molecule has 7 aromatic carbocycles. The van der Waals surface area contributed by atoms with Gasteiger partial charge in [0.1, 0.15) is 28.6 Å². The Balaban J connectivity index is 1.59. The van der Waals surface area contributed by atoms with Gasteiger partial charge in [-0.3, -0.25) is 0 Å². The fraction of sp³-hybridized carbons (Fsp3) is 0.255. The number of fused-ring (bicyclic) bond motifs is 1. The van der Waals surface area contributed by atoms with Crippen LogP contribution in [0.1, 0.15) is 65.2 Å². The Morgan fingerprint density at radius 2 is 1.11 bits per heavy atom. The zero-order valence-corrected chi connectivity index (χ0v) is 40.8. The molecule has 342 valence electrons. The van der Waals surface area contributed by atoms with Gasteiger partial charge in [-0.1, -0.05) is 160 Å². The number of ether oxygens (including phenoxy) is 7. The van der Waals surface area contributed by atoms with Crippen molar-refractivity contribution in [3.05, 3.63) is 178 Å². The molecule has 0 unspecified atom stereocenters. The maximum atomic E-state index is 14.0. The molecule has 0 fully saturated rings. The quantitative estimate of drug-likeness (QED) is 0.0474. The van der Waals surface area contributed by atoms with Gasteiger partial charge in [-0.15, -0.1) is 0 Å². The summed E-state index contributed by atoms with van der Waals surface area (Å²) in [6.45, 7) is 9.06. The highest BCUT2D eigenvalue weighted by atomic mass is 35.5. The van der Waals surface area contributed by atoms with Crippen LogP contribution in [0.3, 0.4) is 0 Å². The van der Waals surface area contributed by atoms with Crippen LogP contribution in [0, 0.1) is 6.92 Å². The summed E-state index contributed by atoms with van der Waals surface area (Å²) in [6, 6.07) is 46.3. The largest absolute Gasteiger partial charge is 0.496 e. The summed E-state index contributed by atoms with van der Waals surface area (Å²) in [7, 11) is 4.49. The Morgan fingerprint density at radius 1 is 0.606 bits per heavy atom. The summed E-state index contributed by atoms with van der Waals surface area (Å²) in [5, 5.41) is 3.35. The van der Waals surface area contributed by atoms with E-state index in [1.807, 2.05) is 91.9 Å². The van der Waals surface area contributed by atoms with Crippen LogP contribution >= 0.6 is 11.6 Å². The molecule has 7 aromatic rings. The summed E-state index contributed by atoms with van der Waals surface area (Å²) >= 11 is 6.95. The Labute approximate surface area is 394 Å². The van der Waals surface area contributed by atoms with E-state index in [2.05, 4.69) is 69.3 Å². The fourth-order valence-corrected chi connectivity index (χ4v) is 13.8. The average Bonchev–Trinajstić information content (AvgIpc) is 3.34. The highest BCUT2D eigenvalue weighted by Crippen LogP contribution is 2.54. The van der Waals surface area contributed by atoms with Gasteiger partial charge in [0, 0.05) is 28.1 Å². The third kappa shape index (κ3) is 9.43. The number of hydrogen-bond acceptors (Lipinski definition) is 9. The van der Waals surface area contributed by atoms with E-state index in [1.165, 1.54) is 7.11 Å². The molecule has 0 N–H and O–H groups in total. The lowest BCUT2D eigenvalue weighted by molar-refractivity contribution is -0.161. The zero-order chi connectivity index (χ0) is 47.0. The molecule has 0 radical (unpaired) electrons. The number of halogens is 1. The van der Waals surface area contributed by atoms with Crippen LogP contribution in [0.4, 0.5) is 0 Å². The van der Waals surface area contributed by atoms with E-state index in [-0.39, 0.29) is 36.2 Å². The van der Waals surface area contributed by atoms with Crippen molar-refractivity contribution in [3.63, 3.8) is 0 Å². The summed E-state index contributed by atoms with van der Waals surface area (Å²) in [4.78, 5) is 14.0.